The Bertz CT molecular complexity index is 698. The van der Waals surface area contributed by atoms with Gasteiger partial charge in [-0.15, -0.1) is 0 Å². The van der Waals surface area contributed by atoms with E-state index in [0.29, 0.717) is 22.9 Å². The molecule has 1 aliphatic heterocycles. The number of halogens is 2. The van der Waals surface area contributed by atoms with Crippen molar-refractivity contribution in [1.82, 2.24) is 4.90 Å². The molecule has 24 heavy (non-hydrogen) atoms. The molecule has 3 rings (SSSR count). The molecule has 2 aromatic carbocycles. The van der Waals surface area contributed by atoms with Crippen LogP contribution in [0.25, 0.3) is 0 Å². The predicted molar refractivity (Wildman–Crippen MR) is 100 cm³/mol. The fourth-order valence-electron chi connectivity index (χ4n) is 2.99. The molecule has 0 radical (unpaired) electrons. The zero-order chi connectivity index (χ0) is 16.9. The van der Waals surface area contributed by atoms with E-state index in [-0.39, 0.29) is 5.91 Å². The van der Waals surface area contributed by atoms with Crippen molar-refractivity contribution in [2.45, 2.75) is 12.8 Å². The number of nitrogens with zero attached hydrogens (tertiary/aromatic N) is 2. The minimum Gasteiger partial charge on any atom is -0.368 e. The van der Waals surface area contributed by atoms with Crippen LogP contribution in [0, 0.1) is 0 Å². The molecular formula is C19H20Cl2N2O. The Labute approximate surface area is 152 Å². The summed E-state index contributed by atoms with van der Waals surface area (Å²) in [4.78, 5) is 16.7. The van der Waals surface area contributed by atoms with Gasteiger partial charge < -0.3 is 9.80 Å². The summed E-state index contributed by atoms with van der Waals surface area (Å²) in [6.45, 7) is 3.26. The molecule has 1 amide bonds. The number of piperazine rings is 1. The van der Waals surface area contributed by atoms with Crippen LogP contribution in [0.5, 0.6) is 0 Å². The third-order valence-corrected chi connectivity index (χ3v) is 5.25. The fourth-order valence-corrected chi connectivity index (χ4v) is 3.41. The standard InChI is InChI=1S/C19H20Cl2N2O/c20-17-8-4-5-15(19(17)21)9-10-18(24)23-13-11-22(12-14-23)16-6-2-1-3-7-16/h1-8H,9-14H2. The van der Waals surface area contributed by atoms with E-state index < -0.39 is 0 Å². The van der Waals surface area contributed by atoms with E-state index in [1.54, 1.807) is 6.07 Å². The quantitative estimate of drug-likeness (QED) is 0.810. The molecule has 0 N–H and O–H groups in total. The summed E-state index contributed by atoms with van der Waals surface area (Å²) < 4.78 is 0. The van der Waals surface area contributed by atoms with E-state index in [9.17, 15) is 4.79 Å². The van der Waals surface area contributed by atoms with E-state index >= 15 is 0 Å². The molecule has 3 nitrogen and oxygen atoms in total. The van der Waals surface area contributed by atoms with Gasteiger partial charge >= 0.3 is 0 Å². The molecule has 1 heterocycles. The molecule has 5 heteroatoms. The minimum atomic E-state index is 0.179. The molecule has 1 fully saturated rings. The van der Waals surface area contributed by atoms with Gasteiger partial charge in [0.05, 0.1) is 10.0 Å². The van der Waals surface area contributed by atoms with Gasteiger partial charge in [0.2, 0.25) is 5.91 Å². The van der Waals surface area contributed by atoms with Crippen molar-refractivity contribution in [3.8, 4) is 0 Å². The maximum absolute atomic E-state index is 12.4. The highest BCUT2D eigenvalue weighted by molar-refractivity contribution is 6.42. The Hall–Kier alpha value is -1.71. The van der Waals surface area contributed by atoms with Crippen LogP contribution >= 0.6 is 23.2 Å². The Kier molecular flexibility index (Phi) is 5.64. The van der Waals surface area contributed by atoms with Crippen LogP contribution in [-0.2, 0) is 11.2 Å². The van der Waals surface area contributed by atoms with Gasteiger partial charge in [-0.2, -0.15) is 0 Å². The second-order valence-corrected chi connectivity index (χ2v) is 6.70. The molecule has 1 saturated heterocycles. The zero-order valence-electron chi connectivity index (χ0n) is 13.4. The van der Waals surface area contributed by atoms with Crippen LogP contribution in [0.1, 0.15) is 12.0 Å². The van der Waals surface area contributed by atoms with E-state index in [4.69, 9.17) is 23.2 Å². The topological polar surface area (TPSA) is 23.6 Å². The molecule has 0 bridgehead atoms. The Morgan fingerprint density at radius 1 is 0.917 bits per heavy atom. The number of rotatable bonds is 4. The minimum absolute atomic E-state index is 0.179. The average molecular weight is 363 g/mol. The fraction of sp³-hybridized carbons (Fsp3) is 0.316. The van der Waals surface area contributed by atoms with Crippen molar-refractivity contribution >= 4 is 34.8 Å². The largest absolute Gasteiger partial charge is 0.368 e. The van der Waals surface area contributed by atoms with Gasteiger partial charge in [-0.3, -0.25) is 4.79 Å². The molecule has 0 unspecified atom stereocenters. The van der Waals surface area contributed by atoms with Crippen molar-refractivity contribution in [2.75, 3.05) is 31.1 Å². The van der Waals surface area contributed by atoms with Crippen LogP contribution in [0.15, 0.2) is 48.5 Å². The third kappa shape index (κ3) is 4.03. The number of para-hydroxylation sites is 1. The predicted octanol–water partition coefficient (Wildman–Crippen LogP) is 4.27. The van der Waals surface area contributed by atoms with Crippen molar-refractivity contribution < 1.29 is 4.79 Å². The second kappa shape index (κ2) is 7.91. The van der Waals surface area contributed by atoms with Crippen molar-refractivity contribution in [3.05, 3.63) is 64.1 Å². The summed E-state index contributed by atoms with van der Waals surface area (Å²) in [5, 5.41) is 1.10. The van der Waals surface area contributed by atoms with E-state index in [2.05, 4.69) is 17.0 Å². The highest BCUT2D eigenvalue weighted by Crippen LogP contribution is 2.26. The molecule has 0 spiro atoms. The van der Waals surface area contributed by atoms with Crippen molar-refractivity contribution in [3.63, 3.8) is 0 Å². The van der Waals surface area contributed by atoms with Gasteiger partial charge in [0, 0.05) is 38.3 Å². The first kappa shape index (κ1) is 17.1. The number of aryl methyl sites for hydroxylation is 1. The monoisotopic (exact) mass is 362 g/mol. The lowest BCUT2D eigenvalue weighted by molar-refractivity contribution is -0.131. The molecule has 0 atom stereocenters. The lowest BCUT2D eigenvalue weighted by Crippen LogP contribution is -2.48. The molecule has 0 aromatic heterocycles. The van der Waals surface area contributed by atoms with Crippen LogP contribution in [0.2, 0.25) is 10.0 Å². The molecule has 0 saturated carbocycles. The van der Waals surface area contributed by atoms with E-state index in [1.165, 1.54) is 5.69 Å². The third-order valence-electron chi connectivity index (χ3n) is 4.39. The molecule has 1 aliphatic rings. The van der Waals surface area contributed by atoms with Crippen LogP contribution in [0.4, 0.5) is 5.69 Å². The second-order valence-electron chi connectivity index (χ2n) is 5.92. The maximum Gasteiger partial charge on any atom is 0.223 e. The first-order valence-corrected chi connectivity index (χ1v) is 8.91. The van der Waals surface area contributed by atoms with Gasteiger partial charge in [-0.25, -0.2) is 0 Å². The number of benzene rings is 2. The number of hydrogen-bond donors (Lipinski definition) is 0. The first-order valence-electron chi connectivity index (χ1n) is 8.16. The average Bonchev–Trinajstić information content (AvgIpc) is 2.63. The Balaban J connectivity index is 1.51. The number of hydrogen-bond acceptors (Lipinski definition) is 2. The number of carbonyl (C=O) groups is 1. The summed E-state index contributed by atoms with van der Waals surface area (Å²) in [5.74, 6) is 0.179. The summed E-state index contributed by atoms with van der Waals surface area (Å²) in [7, 11) is 0. The molecule has 0 aliphatic carbocycles. The van der Waals surface area contributed by atoms with Gasteiger partial charge in [-0.05, 0) is 30.2 Å². The molecule has 126 valence electrons. The van der Waals surface area contributed by atoms with Crippen molar-refractivity contribution in [1.29, 1.82) is 0 Å². The molecule has 2 aromatic rings. The highest BCUT2D eigenvalue weighted by Gasteiger charge is 2.21. The number of amides is 1. The first-order chi connectivity index (χ1) is 11.6. The van der Waals surface area contributed by atoms with Crippen molar-refractivity contribution in [2.24, 2.45) is 0 Å². The van der Waals surface area contributed by atoms with E-state index in [1.807, 2.05) is 35.2 Å². The highest BCUT2D eigenvalue weighted by atomic mass is 35.5. The summed E-state index contributed by atoms with van der Waals surface area (Å²) in [5.41, 5.74) is 2.15. The van der Waals surface area contributed by atoms with Crippen LogP contribution in [-0.4, -0.2) is 37.0 Å². The Morgan fingerprint density at radius 2 is 1.62 bits per heavy atom. The Morgan fingerprint density at radius 3 is 2.33 bits per heavy atom. The summed E-state index contributed by atoms with van der Waals surface area (Å²) >= 11 is 12.2. The smallest absolute Gasteiger partial charge is 0.223 e. The van der Waals surface area contributed by atoms with Crippen LogP contribution < -0.4 is 4.90 Å². The maximum atomic E-state index is 12.4. The lowest BCUT2D eigenvalue weighted by Gasteiger charge is -2.36. The lowest BCUT2D eigenvalue weighted by atomic mass is 10.1. The van der Waals surface area contributed by atoms with Gasteiger partial charge in [0.1, 0.15) is 0 Å². The molecular weight excluding hydrogens is 343 g/mol. The zero-order valence-corrected chi connectivity index (χ0v) is 14.9. The number of anilines is 1. The summed E-state index contributed by atoms with van der Waals surface area (Å²) in [6.07, 6.45) is 1.09. The number of carbonyl (C=O) groups excluding carboxylic acids is 1. The van der Waals surface area contributed by atoms with E-state index in [0.717, 1.165) is 31.7 Å². The van der Waals surface area contributed by atoms with Crippen LogP contribution in [0.3, 0.4) is 0 Å². The summed E-state index contributed by atoms with van der Waals surface area (Å²) in [6, 6.07) is 15.9. The van der Waals surface area contributed by atoms with Gasteiger partial charge in [0.15, 0.2) is 0 Å². The normalized spacial score (nSPS) is 14.8. The van der Waals surface area contributed by atoms with Gasteiger partial charge in [0.25, 0.3) is 0 Å². The SMILES string of the molecule is O=C(CCc1cccc(Cl)c1Cl)N1CCN(c2ccccc2)CC1. The van der Waals surface area contributed by atoms with Gasteiger partial charge in [-0.1, -0.05) is 53.5 Å².